The van der Waals surface area contributed by atoms with Crippen molar-refractivity contribution >= 4 is 75.9 Å². The molecular formula is C58H36N4. The van der Waals surface area contributed by atoms with E-state index < -0.39 is 0 Å². The number of rotatable bonds is 5. The molecule has 0 fully saturated rings. The molecule has 10 aromatic carbocycles. The lowest BCUT2D eigenvalue weighted by molar-refractivity contribution is 0.995. The molecule has 0 N–H and O–H groups in total. The van der Waals surface area contributed by atoms with Gasteiger partial charge in [0.1, 0.15) is 0 Å². The molecule has 0 amide bonds. The highest BCUT2D eigenvalue weighted by Crippen LogP contribution is 2.41. The molecule has 0 atom stereocenters. The average Bonchev–Trinajstić information content (AvgIpc) is 3.86. The van der Waals surface area contributed by atoms with Crippen LogP contribution in [0.5, 0.6) is 0 Å². The zero-order chi connectivity index (χ0) is 40.7. The molecule has 13 aromatic rings. The fourth-order valence-electron chi connectivity index (χ4n) is 9.88. The van der Waals surface area contributed by atoms with Gasteiger partial charge in [0.25, 0.3) is 0 Å². The number of aromatic nitrogens is 4. The summed E-state index contributed by atoms with van der Waals surface area (Å²) in [5.74, 6) is 0.645. The fourth-order valence-corrected chi connectivity index (χ4v) is 9.88. The van der Waals surface area contributed by atoms with Crippen LogP contribution in [-0.4, -0.2) is 19.1 Å². The minimum atomic E-state index is 0.645. The van der Waals surface area contributed by atoms with Crippen molar-refractivity contribution < 1.29 is 0 Å². The van der Waals surface area contributed by atoms with Gasteiger partial charge in [0.15, 0.2) is 0 Å². The van der Waals surface area contributed by atoms with Gasteiger partial charge in [-0.3, -0.25) is 4.57 Å². The quantitative estimate of drug-likeness (QED) is 0.163. The van der Waals surface area contributed by atoms with Gasteiger partial charge in [-0.15, -0.1) is 0 Å². The van der Waals surface area contributed by atoms with Crippen LogP contribution in [0, 0.1) is 0 Å². The zero-order valence-electron chi connectivity index (χ0n) is 33.6. The lowest BCUT2D eigenvalue weighted by Gasteiger charge is -2.14. The van der Waals surface area contributed by atoms with Crippen LogP contribution in [0.3, 0.4) is 0 Å². The van der Waals surface area contributed by atoms with Gasteiger partial charge in [-0.05, 0) is 92.0 Å². The second-order valence-corrected chi connectivity index (χ2v) is 16.2. The molecule has 0 aliphatic carbocycles. The van der Waals surface area contributed by atoms with Crippen LogP contribution in [-0.2, 0) is 0 Å². The number of nitrogens with zero attached hydrogens (tertiary/aromatic N) is 4. The van der Waals surface area contributed by atoms with Crippen LogP contribution in [0.2, 0.25) is 0 Å². The monoisotopic (exact) mass is 788 g/mol. The molecule has 0 aliphatic heterocycles. The maximum Gasteiger partial charge on any atom is 0.235 e. The summed E-state index contributed by atoms with van der Waals surface area (Å²) < 4.78 is 4.67. The molecule has 0 unspecified atom stereocenters. The molecule has 3 heterocycles. The minimum absolute atomic E-state index is 0.645. The molecule has 13 rings (SSSR count). The summed E-state index contributed by atoms with van der Waals surface area (Å²) in [5, 5.41) is 12.4. The second kappa shape index (κ2) is 13.6. The topological polar surface area (TPSA) is 35.6 Å². The van der Waals surface area contributed by atoms with Crippen molar-refractivity contribution in [2.45, 2.75) is 0 Å². The zero-order valence-corrected chi connectivity index (χ0v) is 33.6. The highest BCUT2D eigenvalue weighted by Gasteiger charge is 2.19. The Balaban J connectivity index is 1.00. The molecule has 62 heavy (non-hydrogen) atoms. The van der Waals surface area contributed by atoms with E-state index in [0.29, 0.717) is 5.95 Å². The molecule has 0 radical (unpaired) electrons. The molecule has 4 heteroatoms. The van der Waals surface area contributed by atoms with E-state index in [2.05, 4.69) is 215 Å². The predicted molar refractivity (Wildman–Crippen MR) is 260 cm³/mol. The standard InChI is InChI=1S/C58H36N4/c1-3-15-37(16-4-1)52-36-53(38-17-5-2-6-18-38)60-58(59-52)62-55-26-14-12-24-48(55)51-33-39(28-32-56(51)62)40-27-30-49-47-23-11-13-25-54(47)61(57(49)34-40)41-29-31-46-44-21-8-7-19-42(44)43-20-9-10-22-45(43)50(46)35-41/h1-36H. The molecule has 0 saturated carbocycles. The van der Waals surface area contributed by atoms with E-state index in [1.807, 2.05) is 12.1 Å². The van der Waals surface area contributed by atoms with E-state index in [0.717, 1.165) is 61.1 Å². The summed E-state index contributed by atoms with van der Waals surface area (Å²) >= 11 is 0. The van der Waals surface area contributed by atoms with E-state index in [1.165, 1.54) is 54.1 Å². The van der Waals surface area contributed by atoms with Gasteiger partial charge in [-0.25, -0.2) is 9.97 Å². The van der Waals surface area contributed by atoms with Crippen molar-refractivity contribution in [1.82, 2.24) is 19.1 Å². The van der Waals surface area contributed by atoms with E-state index >= 15 is 0 Å². The third kappa shape index (κ3) is 5.27. The van der Waals surface area contributed by atoms with Crippen LogP contribution in [0.4, 0.5) is 0 Å². The van der Waals surface area contributed by atoms with Crippen molar-refractivity contribution in [2.24, 2.45) is 0 Å². The normalized spacial score (nSPS) is 11.9. The first-order chi connectivity index (χ1) is 30.7. The SMILES string of the molecule is c1ccc(-c2cc(-c3ccccc3)nc(-n3c4ccccc4c4cc(-c5ccc6c7ccccc7n(-c7ccc8c9ccccc9c9ccccc9c8c7)c6c5)ccc43)n2)cc1. The van der Waals surface area contributed by atoms with Gasteiger partial charge in [0.2, 0.25) is 5.95 Å². The van der Waals surface area contributed by atoms with Crippen molar-refractivity contribution in [3.05, 3.63) is 218 Å². The van der Waals surface area contributed by atoms with E-state index in [9.17, 15) is 0 Å². The first kappa shape index (κ1) is 34.5. The Morgan fingerprint density at radius 3 is 1.31 bits per heavy atom. The Morgan fingerprint density at radius 1 is 0.242 bits per heavy atom. The summed E-state index contributed by atoms with van der Waals surface area (Å²) in [6.07, 6.45) is 0. The smallest absolute Gasteiger partial charge is 0.235 e. The molecule has 0 aliphatic rings. The number of benzene rings is 10. The minimum Gasteiger partial charge on any atom is -0.309 e. The highest BCUT2D eigenvalue weighted by molar-refractivity contribution is 6.25. The van der Waals surface area contributed by atoms with Gasteiger partial charge in [0, 0.05) is 38.4 Å². The molecular weight excluding hydrogens is 753 g/mol. The maximum absolute atomic E-state index is 5.25. The molecule has 0 bridgehead atoms. The van der Waals surface area contributed by atoms with E-state index in [1.54, 1.807) is 0 Å². The molecule has 0 spiro atoms. The Morgan fingerprint density at radius 2 is 0.677 bits per heavy atom. The van der Waals surface area contributed by atoms with E-state index in [-0.39, 0.29) is 0 Å². The number of fused-ring (bicyclic) bond motifs is 12. The Hall–Kier alpha value is -8.34. The van der Waals surface area contributed by atoms with Crippen molar-refractivity contribution in [3.63, 3.8) is 0 Å². The molecule has 0 saturated heterocycles. The number of hydrogen-bond acceptors (Lipinski definition) is 2. The average molecular weight is 789 g/mol. The Bertz CT molecular complexity index is 3820. The third-order valence-corrected chi connectivity index (χ3v) is 12.7. The van der Waals surface area contributed by atoms with Gasteiger partial charge < -0.3 is 4.57 Å². The van der Waals surface area contributed by atoms with Crippen molar-refractivity contribution in [3.8, 4) is 45.3 Å². The summed E-state index contributed by atoms with van der Waals surface area (Å²) in [4.78, 5) is 10.5. The fraction of sp³-hybridized carbons (Fsp3) is 0. The predicted octanol–water partition coefficient (Wildman–Crippen LogP) is 15.1. The van der Waals surface area contributed by atoms with Crippen molar-refractivity contribution in [2.75, 3.05) is 0 Å². The third-order valence-electron chi connectivity index (χ3n) is 12.7. The summed E-state index contributed by atoms with van der Waals surface area (Å²) in [7, 11) is 0. The van der Waals surface area contributed by atoms with Crippen LogP contribution in [0.15, 0.2) is 218 Å². The molecule has 288 valence electrons. The van der Waals surface area contributed by atoms with Gasteiger partial charge in [-0.1, -0.05) is 170 Å². The van der Waals surface area contributed by atoms with Crippen LogP contribution in [0.25, 0.3) is 121 Å². The Kier molecular flexibility index (Phi) is 7.57. The number of para-hydroxylation sites is 2. The largest absolute Gasteiger partial charge is 0.309 e. The summed E-state index contributed by atoms with van der Waals surface area (Å²) in [6.45, 7) is 0. The summed E-state index contributed by atoms with van der Waals surface area (Å²) in [5.41, 5.74) is 11.8. The van der Waals surface area contributed by atoms with E-state index in [4.69, 9.17) is 9.97 Å². The summed E-state index contributed by atoms with van der Waals surface area (Å²) in [6, 6.07) is 78.6. The number of hydrogen-bond donors (Lipinski definition) is 0. The van der Waals surface area contributed by atoms with Crippen LogP contribution < -0.4 is 0 Å². The van der Waals surface area contributed by atoms with Crippen molar-refractivity contribution in [1.29, 1.82) is 0 Å². The lowest BCUT2D eigenvalue weighted by atomic mass is 9.94. The maximum atomic E-state index is 5.25. The second-order valence-electron chi connectivity index (χ2n) is 16.2. The highest BCUT2D eigenvalue weighted by atomic mass is 15.2. The molecule has 4 nitrogen and oxygen atoms in total. The molecule has 3 aromatic heterocycles. The lowest BCUT2D eigenvalue weighted by Crippen LogP contribution is -2.03. The van der Waals surface area contributed by atoms with Crippen LogP contribution >= 0.6 is 0 Å². The van der Waals surface area contributed by atoms with Gasteiger partial charge >= 0.3 is 0 Å². The first-order valence-electron chi connectivity index (χ1n) is 21.2. The van der Waals surface area contributed by atoms with Crippen LogP contribution in [0.1, 0.15) is 0 Å². The Labute approximate surface area is 357 Å². The first-order valence-corrected chi connectivity index (χ1v) is 21.2. The van der Waals surface area contributed by atoms with Gasteiger partial charge in [0.05, 0.1) is 33.5 Å². The van der Waals surface area contributed by atoms with Gasteiger partial charge in [-0.2, -0.15) is 0 Å².